The van der Waals surface area contributed by atoms with Gasteiger partial charge in [0.2, 0.25) is 10.0 Å². The molecule has 162 valence electrons. The standard InChI is InChI=1S/C23H23BrN2O4S/c1-30-22(27)6-2-4-17-7-9-18(10-8-17)23(19-5-3-15-25-16-19)26-31(28,29)21-13-11-20(24)12-14-21/h3,5,7-16,23,26H,2,4,6H2,1H3. The van der Waals surface area contributed by atoms with Crippen molar-refractivity contribution >= 4 is 31.9 Å². The van der Waals surface area contributed by atoms with Gasteiger partial charge in [-0.25, -0.2) is 8.42 Å². The quantitative estimate of drug-likeness (QED) is 0.438. The molecule has 0 fully saturated rings. The minimum Gasteiger partial charge on any atom is -0.469 e. The number of sulfonamides is 1. The first-order valence-corrected chi connectivity index (χ1v) is 12.0. The molecule has 0 radical (unpaired) electrons. The van der Waals surface area contributed by atoms with E-state index in [4.69, 9.17) is 0 Å². The van der Waals surface area contributed by atoms with Crippen LogP contribution in [0.25, 0.3) is 0 Å². The monoisotopic (exact) mass is 502 g/mol. The Hall–Kier alpha value is -2.55. The maximum atomic E-state index is 13.0. The molecule has 1 unspecified atom stereocenters. The molecule has 6 nitrogen and oxygen atoms in total. The Kier molecular flexibility index (Phi) is 7.95. The number of carbonyl (C=O) groups is 1. The van der Waals surface area contributed by atoms with E-state index in [2.05, 4.69) is 30.4 Å². The molecular weight excluding hydrogens is 480 g/mol. The van der Waals surface area contributed by atoms with Gasteiger partial charge in [-0.2, -0.15) is 4.72 Å². The molecule has 0 spiro atoms. The molecule has 0 aliphatic heterocycles. The van der Waals surface area contributed by atoms with E-state index >= 15 is 0 Å². The SMILES string of the molecule is COC(=O)CCCc1ccc(C(NS(=O)(=O)c2ccc(Br)cc2)c2cccnc2)cc1. The van der Waals surface area contributed by atoms with Gasteiger partial charge in [0.05, 0.1) is 18.0 Å². The number of benzene rings is 2. The molecule has 0 amide bonds. The molecule has 3 rings (SSSR count). The molecule has 31 heavy (non-hydrogen) atoms. The summed E-state index contributed by atoms with van der Waals surface area (Å²) in [6.45, 7) is 0. The number of rotatable bonds is 9. The predicted octanol–water partition coefficient (Wildman–Crippen LogP) is 4.41. The third kappa shape index (κ3) is 6.46. The van der Waals surface area contributed by atoms with Crippen LogP contribution in [0.5, 0.6) is 0 Å². The average molecular weight is 503 g/mol. The van der Waals surface area contributed by atoms with Crippen molar-refractivity contribution in [3.05, 3.63) is 94.2 Å². The van der Waals surface area contributed by atoms with Crippen molar-refractivity contribution in [2.45, 2.75) is 30.2 Å². The van der Waals surface area contributed by atoms with Crippen molar-refractivity contribution in [2.24, 2.45) is 0 Å². The van der Waals surface area contributed by atoms with Gasteiger partial charge in [0.25, 0.3) is 0 Å². The third-order valence-electron chi connectivity index (χ3n) is 4.80. The van der Waals surface area contributed by atoms with Crippen LogP contribution < -0.4 is 4.72 Å². The fraction of sp³-hybridized carbons (Fsp3) is 0.217. The predicted molar refractivity (Wildman–Crippen MR) is 122 cm³/mol. The van der Waals surface area contributed by atoms with E-state index in [1.165, 1.54) is 7.11 Å². The van der Waals surface area contributed by atoms with Crippen molar-refractivity contribution < 1.29 is 17.9 Å². The van der Waals surface area contributed by atoms with Gasteiger partial charge in [-0.1, -0.05) is 46.3 Å². The van der Waals surface area contributed by atoms with Crippen LogP contribution in [-0.4, -0.2) is 26.5 Å². The second kappa shape index (κ2) is 10.7. The summed E-state index contributed by atoms with van der Waals surface area (Å²) in [5.74, 6) is -0.226. The number of nitrogens with zero attached hydrogens (tertiary/aromatic N) is 1. The van der Waals surface area contributed by atoms with Crippen LogP contribution in [0.15, 0.2) is 82.4 Å². The van der Waals surface area contributed by atoms with E-state index in [1.54, 1.807) is 42.7 Å². The maximum Gasteiger partial charge on any atom is 0.305 e. The normalized spacial score (nSPS) is 12.3. The Bertz CT molecular complexity index is 1100. The van der Waals surface area contributed by atoms with Crippen LogP contribution in [-0.2, 0) is 26.0 Å². The topological polar surface area (TPSA) is 85.4 Å². The summed E-state index contributed by atoms with van der Waals surface area (Å²) < 4.78 is 34.3. The number of ether oxygens (including phenoxy) is 1. The molecular formula is C23H23BrN2O4S. The van der Waals surface area contributed by atoms with E-state index in [0.29, 0.717) is 12.8 Å². The number of halogens is 1. The van der Waals surface area contributed by atoms with Gasteiger partial charge >= 0.3 is 5.97 Å². The van der Waals surface area contributed by atoms with Crippen molar-refractivity contribution in [2.75, 3.05) is 7.11 Å². The lowest BCUT2D eigenvalue weighted by atomic mass is 9.98. The number of nitrogens with one attached hydrogen (secondary N) is 1. The number of aromatic nitrogens is 1. The minimum absolute atomic E-state index is 0.184. The molecule has 8 heteroatoms. The zero-order chi connectivity index (χ0) is 22.3. The van der Waals surface area contributed by atoms with E-state index in [9.17, 15) is 13.2 Å². The Balaban J connectivity index is 1.83. The highest BCUT2D eigenvalue weighted by Gasteiger charge is 2.23. The van der Waals surface area contributed by atoms with Crippen LogP contribution in [0.3, 0.4) is 0 Å². The largest absolute Gasteiger partial charge is 0.469 e. The molecule has 0 bridgehead atoms. The van der Waals surface area contributed by atoms with Crippen LogP contribution in [0.4, 0.5) is 0 Å². The summed E-state index contributed by atoms with van der Waals surface area (Å²) in [4.78, 5) is 15.6. The van der Waals surface area contributed by atoms with Gasteiger partial charge in [0, 0.05) is 23.3 Å². The molecule has 0 aliphatic rings. The molecule has 1 N–H and O–H groups in total. The number of pyridine rings is 1. The summed E-state index contributed by atoms with van der Waals surface area (Å²) in [6.07, 6.45) is 5.09. The number of hydrogen-bond donors (Lipinski definition) is 1. The van der Waals surface area contributed by atoms with Crippen molar-refractivity contribution in [3.8, 4) is 0 Å². The van der Waals surface area contributed by atoms with Crippen molar-refractivity contribution in [1.29, 1.82) is 0 Å². The third-order valence-corrected chi connectivity index (χ3v) is 6.77. The highest BCUT2D eigenvalue weighted by atomic mass is 79.9. The maximum absolute atomic E-state index is 13.0. The molecule has 0 saturated carbocycles. The second-order valence-electron chi connectivity index (χ2n) is 6.97. The molecule has 1 aromatic heterocycles. The van der Waals surface area contributed by atoms with Gasteiger partial charge in [0.1, 0.15) is 0 Å². The van der Waals surface area contributed by atoms with E-state index in [-0.39, 0.29) is 10.9 Å². The summed E-state index contributed by atoms with van der Waals surface area (Å²) >= 11 is 3.32. The first-order chi connectivity index (χ1) is 14.9. The number of hydrogen-bond acceptors (Lipinski definition) is 5. The molecule has 1 atom stereocenters. The van der Waals surface area contributed by atoms with Crippen LogP contribution >= 0.6 is 15.9 Å². The van der Waals surface area contributed by atoms with E-state index < -0.39 is 16.1 Å². The van der Waals surface area contributed by atoms with Gasteiger partial charge in [0.15, 0.2) is 0 Å². The van der Waals surface area contributed by atoms with Crippen molar-refractivity contribution in [1.82, 2.24) is 9.71 Å². The minimum atomic E-state index is -3.76. The number of aryl methyl sites for hydroxylation is 1. The summed E-state index contributed by atoms with van der Waals surface area (Å²) in [5.41, 5.74) is 2.60. The zero-order valence-corrected chi connectivity index (χ0v) is 19.4. The van der Waals surface area contributed by atoms with E-state index in [1.807, 2.05) is 30.3 Å². The average Bonchev–Trinajstić information content (AvgIpc) is 2.79. The smallest absolute Gasteiger partial charge is 0.305 e. The van der Waals surface area contributed by atoms with Gasteiger partial charge in [-0.05, 0) is 59.9 Å². The van der Waals surface area contributed by atoms with Crippen LogP contribution in [0, 0.1) is 0 Å². The number of esters is 1. The van der Waals surface area contributed by atoms with Gasteiger partial charge in [-0.3, -0.25) is 9.78 Å². The summed E-state index contributed by atoms with van der Waals surface area (Å²) in [5, 5.41) is 0. The highest BCUT2D eigenvalue weighted by molar-refractivity contribution is 9.10. The zero-order valence-electron chi connectivity index (χ0n) is 17.0. The van der Waals surface area contributed by atoms with Crippen molar-refractivity contribution in [3.63, 3.8) is 0 Å². The van der Waals surface area contributed by atoms with Crippen LogP contribution in [0.1, 0.15) is 35.6 Å². The lowest BCUT2D eigenvalue weighted by molar-refractivity contribution is -0.140. The van der Waals surface area contributed by atoms with Gasteiger partial charge in [-0.15, -0.1) is 0 Å². The Morgan fingerprint density at radius 2 is 1.77 bits per heavy atom. The molecule has 0 saturated heterocycles. The first kappa shape index (κ1) is 23.1. The first-order valence-electron chi connectivity index (χ1n) is 9.72. The highest BCUT2D eigenvalue weighted by Crippen LogP contribution is 2.25. The Morgan fingerprint density at radius 3 is 2.39 bits per heavy atom. The van der Waals surface area contributed by atoms with Gasteiger partial charge < -0.3 is 4.74 Å². The fourth-order valence-corrected chi connectivity index (χ4v) is 4.61. The lowest BCUT2D eigenvalue weighted by Crippen LogP contribution is -2.29. The Labute approximate surface area is 190 Å². The molecule has 2 aromatic carbocycles. The number of carbonyl (C=O) groups excluding carboxylic acids is 1. The summed E-state index contributed by atoms with van der Waals surface area (Å²) in [6, 6.07) is 17.2. The van der Waals surface area contributed by atoms with E-state index in [0.717, 1.165) is 27.6 Å². The number of methoxy groups -OCH3 is 1. The molecule has 3 aromatic rings. The molecule has 0 aliphatic carbocycles. The summed E-state index contributed by atoms with van der Waals surface area (Å²) in [7, 11) is -2.38. The van der Waals surface area contributed by atoms with Crippen LogP contribution in [0.2, 0.25) is 0 Å². The second-order valence-corrected chi connectivity index (χ2v) is 9.60. The fourth-order valence-electron chi connectivity index (χ4n) is 3.13. The Morgan fingerprint density at radius 1 is 1.06 bits per heavy atom. The molecule has 1 heterocycles. The lowest BCUT2D eigenvalue weighted by Gasteiger charge is -2.20.